The van der Waals surface area contributed by atoms with E-state index in [0.717, 1.165) is 6.07 Å². The molecule has 0 radical (unpaired) electrons. The molecule has 1 aromatic carbocycles. The van der Waals surface area contributed by atoms with Crippen LogP contribution >= 0.6 is 0 Å². The van der Waals surface area contributed by atoms with Crippen LogP contribution in [0.3, 0.4) is 0 Å². The molecule has 4 heteroatoms. The van der Waals surface area contributed by atoms with E-state index in [1.165, 1.54) is 12.1 Å². The Kier molecular flexibility index (Phi) is 3.99. The molecule has 0 spiro atoms. The van der Waals surface area contributed by atoms with Crippen molar-refractivity contribution >= 4 is 8.32 Å². The minimum atomic E-state index is -1.82. The van der Waals surface area contributed by atoms with Crippen LogP contribution in [-0.4, -0.2) is 14.9 Å². The molecule has 0 aliphatic rings. The Balaban J connectivity index is 2.80. The van der Waals surface area contributed by atoms with Gasteiger partial charge in [0, 0.05) is 12.7 Å². The van der Waals surface area contributed by atoms with Crippen molar-refractivity contribution in [2.75, 3.05) is 6.61 Å². The summed E-state index contributed by atoms with van der Waals surface area (Å²) in [6.45, 7) is 6.66. The van der Waals surface area contributed by atoms with Crippen molar-refractivity contribution in [3.63, 3.8) is 0 Å². The second-order valence-corrected chi connectivity index (χ2v) is 8.31. The first kappa shape index (κ1) is 12.3. The van der Waals surface area contributed by atoms with Gasteiger partial charge < -0.3 is 4.43 Å². The van der Waals surface area contributed by atoms with Gasteiger partial charge in [0.25, 0.3) is 0 Å². The highest BCUT2D eigenvalue weighted by atomic mass is 28.4. The van der Waals surface area contributed by atoms with Gasteiger partial charge in [0.15, 0.2) is 8.32 Å². The zero-order valence-electron chi connectivity index (χ0n) is 9.31. The van der Waals surface area contributed by atoms with Gasteiger partial charge in [-0.3, -0.25) is 0 Å². The van der Waals surface area contributed by atoms with Crippen LogP contribution in [0, 0.1) is 11.6 Å². The third-order valence-electron chi connectivity index (χ3n) is 2.09. The number of rotatable bonds is 4. The molecule has 0 aromatic heterocycles. The van der Waals surface area contributed by atoms with Crippen LogP contribution in [0.2, 0.25) is 13.1 Å². The highest BCUT2D eigenvalue weighted by molar-refractivity contribution is 6.70. The molecular weight excluding hydrogens is 214 g/mol. The van der Waals surface area contributed by atoms with Crippen molar-refractivity contribution in [3.8, 4) is 0 Å². The van der Waals surface area contributed by atoms with Crippen molar-refractivity contribution in [1.82, 2.24) is 0 Å². The van der Waals surface area contributed by atoms with Gasteiger partial charge in [0.05, 0.1) is 0 Å². The third kappa shape index (κ3) is 4.09. The molecular formula is C11H16F2OSi. The SMILES string of the molecule is CCO[Si](C)(C)Cc1cc(F)cc(F)c1. The highest BCUT2D eigenvalue weighted by Gasteiger charge is 2.22. The van der Waals surface area contributed by atoms with E-state index in [4.69, 9.17) is 4.43 Å². The van der Waals surface area contributed by atoms with Crippen LogP contribution in [0.1, 0.15) is 12.5 Å². The largest absolute Gasteiger partial charge is 0.417 e. The lowest BCUT2D eigenvalue weighted by atomic mass is 10.2. The summed E-state index contributed by atoms with van der Waals surface area (Å²) in [7, 11) is -1.82. The molecule has 0 N–H and O–H groups in total. The smallest absolute Gasteiger partial charge is 0.190 e. The fourth-order valence-corrected chi connectivity index (χ4v) is 3.72. The van der Waals surface area contributed by atoms with Gasteiger partial charge in [-0.25, -0.2) is 8.78 Å². The standard InChI is InChI=1S/C11H16F2OSi/c1-4-14-15(2,3)8-9-5-10(12)7-11(13)6-9/h5-7H,4,8H2,1-3H3. The van der Waals surface area contributed by atoms with E-state index in [1.54, 1.807) is 0 Å². The maximum absolute atomic E-state index is 12.9. The van der Waals surface area contributed by atoms with Crippen molar-refractivity contribution < 1.29 is 13.2 Å². The van der Waals surface area contributed by atoms with E-state index >= 15 is 0 Å². The van der Waals surface area contributed by atoms with Crippen LogP contribution in [0.4, 0.5) is 8.78 Å². The predicted molar refractivity (Wildman–Crippen MR) is 59.2 cm³/mol. The van der Waals surface area contributed by atoms with E-state index in [1.807, 2.05) is 20.0 Å². The van der Waals surface area contributed by atoms with Crippen LogP contribution < -0.4 is 0 Å². The summed E-state index contributed by atoms with van der Waals surface area (Å²) in [5.74, 6) is -1.04. The lowest BCUT2D eigenvalue weighted by Crippen LogP contribution is -2.33. The van der Waals surface area contributed by atoms with E-state index < -0.39 is 20.0 Å². The zero-order valence-corrected chi connectivity index (χ0v) is 10.3. The normalized spacial score (nSPS) is 11.8. The van der Waals surface area contributed by atoms with Crippen LogP contribution in [0.15, 0.2) is 18.2 Å². The zero-order chi connectivity index (χ0) is 11.5. The van der Waals surface area contributed by atoms with Gasteiger partial charge in [-0.1, -0.05) is 0 Å². The van der Waals surface area contributed by atoms with Crippen molar-refractivity contribution in [1.29, 1.82) is 0 Å². The van der Waals surface area contributed by atoms with E-state index in [0.29, 0.717) is 18.2 Å². The monoisotopic (exact) mass is 230 g/mol. The summed E-state index contributed by atoms with van der Waals surface area (Å²) in [6.07, 6.45) is 0. The summed E-state index contributed by atoms with van der Waals surface area (Å²) < 4.78 is 31.5. The minimum absolute atomic E-state index is 0.522. The predicted octanol–water partition coefficient (Wildman–Crippen LogP) is 3.29. The lowest BCUT2D eigenvalue weighted by molar-refractivity contribution is 0.328. The minimum Gasteiger partial charge on any atom is -0.417 e. The first-order valence-corrected chi connectivity index (χ1v) is 8.13. The van der Waals surface area contributed by atoms with E-state index in [2.05, 4.69) is 0 Å². The molecule has 0 aliphatic carbocycles. The molecule has 0 bridgehead atoms. The molecule has 0 heterocycles. The van der Waals surface area contributed by atoms with Gasteiger partial charge in [0.2, 0.25) is 0 Å². The summed E-state index contributed by atoms with van der Waals surface area (Å²) in [5.41, 5.74) is 0.678. The molecule has 1 aromatic rings. The summed E-state index contributed by atoms with van der Waals surface area (Å²) >= 11 is 0. The molecule has 0 atom stereocenters. The molecule has 0 amide bonds. The average Bonchev–Trinajstić information content (AvgIpc) is 1.99. The maximum atomic E-state index is 12.9. The number of hydrogen-bond donors (Lipinski definition) is 0. The quantitative estimate of drug-likeness (QED) is 0.721. The molecule has 1 rings (SSSR count). The fourth-order valence-electron chi connectivity index (χ4n) is 1.65. The molecule has 0 aliphatic heterocycles. The molecule has 84 valence electrons. The summed E-state index contributed by atoms with van der Waals surface area (Å²) in [4.78, 5) is 0. The molecule has 0 saturated carbocycles. The second kappa shape index (κ2) is 4.85. The maximum Gasteiger partial charge on any atom is 0.190 e. The highest BCUT2D eigenvalue weighted by Crippen LogP contribution is 2.15. The Morgan fingerprint density at radius 2 is 1.67 bits per heavy atom. The Bertz CT molecular complexity index is 319. The van der Waals surface area contributed by atoms with Gasteiger partial charge >= 0.3 is 0 Å². The van der Waals surface area contributed by atoms with E-state index in [-0.39, 0.29) is 0 Å². The Hall–Kier alpha value is -0.743. The van der Waals surface area contributed by atoms with Crippen LogP contribution in [0.25, 0.3) is 0 Å². The van der Waals surface area contributed by atoms with Gasteiger partial charge in [-0.05, 0) is 43.8 Å². The number of hydrogen-bond acceptors (Lipinski definition) is 1. The first-order chi connectivity index (χ1) is 6.93. The molecule has 0 unspecified atom stereocenters. The Morgan fingerprint density at radius 3 is 2.13 bits per heavy atom. The third-order valence-corrected chi connectivity index (χ3v) is 4.42. The number of benzene rings is 1. The van der Waals surface area contributed by atoms with Crippen LogP contribution in [0.5, 0.6) is 0 Å². The molecule has 0 saturated heterocycles. The Morgan fingerprint density at radius 1 is 1.13 bits per heavy atom. The fraction of sp³-hybridized carbons (Fsp3) is 0.455. The van der Waals surface area contributed by atoms with Crippen LogP contribution in [-0.2, 0) is 10.5 Å². The van der Waals surface area contributed by atoms with Gasteiger partial charge in [-0.2, -0.15) is 0 Å². The van der Waals surface area contributed by atoms with Crippen molar-refractivity contribution in [2.24, 2.45) is 0 Å². The van der Waals surface area contributed by atoms with Crippen molar-refractivity contribution in [2.45, 2.75) is 26.1 Å². The second-order valence-electron chi connectivity index (χ2n) is 4.15. The topological polar surface area (TPSA) is 9.23 Å². The molecule has 1 nitrogen and oxygen atoms in total. The first-order valence-electron chi connectivity index (χ1n) is 5.02. The lowest BCUT2D eigenvalue weighted by Gasteiger charge is -2.21. The molecule has 15 heavy (non-hydrogen) atoms. The Labute approximate surface area is 90.2 Å². The summed E-state index contributed by atoms with van der Waals surface area (Å²) in [6, 6.07) is 4.27. The summed E-state index contributed by atoms with van der Waals surface area (Å²) in [5, 5.41) is 0. The van der Waals surface area contributed by atoms with Gasteiger partial charge in [-0.15, -0.1) is 0 Å². The molecule has 0 fully saturated rings. The van der Waals surface area contributed by atoms with Gasteiger partial charge in [0.1, 0.15) is 11.6 Å². The number of halogens is 2. The average molecular weight is 230 g/mol. The van der Waals surface area contributed by atoms with E-state index in [9.17, 15) is 8.78 Å². The van der Waals surface area contributed by atoms with Crippen molar-refractivity contribution in [3.05, 3.63) is 35.4 Å².